The molecular formula is C10H24N2Yb. The van der Waals surface area contributed by atoms with E-state index in [1.165, 1.54) is 0 Å². The average Bonchev–Trinajstić information content (AvgIpc) is 2.01. The number of hydrogen-bond donors (Lipinski definition) is 2. The van der Waals surface area contributed by atoms with Crippen LogP contribution >= 0.6 is 0 Å². The molecule has 0 fully saturated rings. The predicted molar refractivity (Wildman–Crippen MR) is 56.7 cm³/mol. The first kappa shape index (κ1) is 19.9. The zero-order valence-electron chi connectivity index (χ0n) is 9.63. The standard InChI is InChI=1S/C9H21N2.CH3.Yb/c1-7(8(2)10-5)9(3,4)11-6;;/h7-8,10-11H,6H2,1-5H3;1H3;/q2*-1;+2. The summed E-state index contributed by atoms with van der Waals surface area (Å²) in [5.41, 5.74) is 0.0996. The van der Waals surface area contributed by atoms with Gasteiger partial charge in [-0.3, -0.25) is 7.05 Å². The van der Waals surface area contributed by atoms with Crippen LogP contribution in [0.2, 0.25) is 0 Å². The molecule has 13 heavy (non-hydrogen) atoms. The topological polar surface area (TPSA) is 24.1 Å². The van der Waals surface area contributed by atoms with Gasteiger partial charge in [0.2, 0.25) is 0 Å². The second-order valence-corrected chi connectivity index (χ2v) is 3.76. The van der Waals surface area contributed by atoms with Crippen molar-refractivity contribution in [1.29, 1.82) is 0 Å². The minimum absolute atomic E-state index is 0. The van der Waals surface area contributed by atoms with E-state index in [-0.39, 0.29) is 59.9 Å². The predicted octanol–water partition coefficient (Wildman–Crippen LogP) is 1.84. The van der Waals surface area contributed by atoms with Crippen molar-refractivity contribution >= 4 is 0 Å². The molecule has 0 aliphatic heterocycles. The molecule has 0 aromatic carbocycles. The Balaban J connectivity index is -0.000000500. The van der Waals surface area contributed by atoms with Crippen molar-refractivity contribution in [3.8, 4) is 0 Å². The molecule has 0 aromatic rings. The Kier molecular flexibility index (Phi) is 13.4. The average molecular weight is 345 g/mol. The molecular weight excluding hydrogens is 321 g/mol. The van der Waals surface area contributed by atoms with Gasteiger partial charge >= 0.3 is 46.9 Å². The van der Waals surface area contributed by atoms with Gasteiger partial charge in [-0.1, -0.05) is 6.92 Å². The van der Waals surface area contributed by atoms with E-state index >= 15 is 0 Å². The Bertz CT molecular complexity index is 115. The molecule has 2 atom stereocenters. The third-order valence-corrected chi connectivity index (χ3v) is 2.80. The Hall–Kier alpha value is 1.44. The Labute approximate surface area is 123 Å². The van der Waals surface area contributed by atoms with Gasteiger partial charge in [0, 0.05) is 6.04 Å². The van der Waals surface area contributed by atoms with Crippen LogP contribution in [0.5, 0.6) is 0 Å². The van der Waals surface area contributed by atoms with Crippen molar-refractivity contribution in [2.75, 3.05) is 7.05 Å². The second-order valence-electron chi connectivity index (χ2n) is 3.76. The fourth-order valence-corrected chi connectivity index (χ4v) is 1.04. The largest absolute Gasteiger partial charge is 2.00 e. The molecule has 0 aliphatic carbocycles. The van der Waals surface area contributed by atoms with Crippen molar-refractivity contribution in [1.82, 2.24) is 10.6 Å². The van der Waals surface area contributed by atoms with Crippen molar-refractivity contribution < 1.29 is 46.9 Å². The van der Waals surface area contributed by atoms with E-state index < -0.39 is 0 Å². The van der Waals surface area contributed by atoms with Gasteiger partial charge in [-0.05, 0) is 39.3 Å². The Morgan fingerprint density at radius 3 is 1.85 bits per heavy atom. The van der Waals surface area contributed by atoms with Crippen LogP contribution in [0.3, 0.4) is 0 Å². The summed E-state index contributed by atoms with van der Waals surface area (Å²) >= 11 is 0. The van der Waals surface area contributed by atoms with Crippen molar-refractivity contribution in [2.45, 2.75) is 39.3 Å². The SMILES string of the molecule is [CH2-]NC(C)(C)C(C)C(C)NC.[CH3-].[Yb+2]. The van der Waals surface area contributed by atoms with Gasteiger partial charge in [-0.25, -0.2) is 0 Å². The minimum Gasteiger partial charge on any atom is -0.468 e. The molecule has 0 spiro atoms. The fraction of sp³-hybridized carbons (Fsp3) is 0.800. The van der Waals surface area contributed by atoms with E-state index in [1.807, 2.05) is 7.05 Å². The van der Waals surface area contributed by atoms with Crippen LogP contribution in [0, 0.1) is 67.3 Å². The van der Waals surface area contributed by atoms with Crippen molar-refractivity contribution in [3.63, 3.8) is 0 Å². The van der Waals surface area contributed by atoms with Crippen LogP contribution in [-0.4, -0.2) is 18.6 Å². The first-order valence-electron chi connectivity index (χ1n) is 4.17. The van der Waals surface area contributed by atoms with E-state index in [2.05, 4.69) is 45.4 Å². The molecule has 0 rings (SSSR count). The summed E-state index contributed by atoms with van der Waals surface area (Å²) in [6, 6.07) is 0.513. The van der Waals surface area contributed by atoms with Crippen molar-refractivity contribution in [3.05, 3.63) is 14.5 Å². The van der Waals surface area contributed by atoms with E-state index in [0.29, 0.717) is 12.0 Å². The van der Waals surface area contributed by atoms with E-state index in [4.69, 9.17) is 0 Å². The zero-order chi connectivity index (χ0) is 9.07. The van der Waals surface area contributed by atoms with Gasteiger partial charge in [-0.15, -0.1) is 0 Å². The maximum atomic E-state index is 3.72. The molecule has 3 heteroatoms. The third-order valence-electron chi connectivity index (χ3n) is 2.80. The molecule has 0 heterocycles. The molecule has 2 nitrogen and oxygen atoms in total. The Morgan fingerprint density at radius 2 is 1.62 bits per heavy atom. The van der Waals surface area contributed by atoms with Crippen LogP contribution in [0.25, 0.3) is 0 Å². The zero-order valence-corrected chi connectivity index (χ0v) is 11.3. The number of rotatable bonds is 4. The van der Waals surface area contributed by atoms with Crippen LogP contribution < -0.4 is 10.6 Å². The minimum atomic E-state index is 0. The molecule has 0 radical (unpaired) electrons. The molecule has 0 amide bonds. The molecule has 0 aliphatic rings. The first-order valence-corrected chi connectivity index (χ1v) is 4.17. The van der Waals surface area contributed by atoms with Gasteiger partial charge in [0.25, 0.3) is 0 Å². The quantitative estimate of drug-likeness (QED) is 0.760. The maximum absolute atomic E-state index is 3.72. The van der Waals surface area contributed by atoms with E-state index in [0.717, 1.165) is 0 Å². The van der Waals surface area contributed by atoms with Gasteiger partial charge in [0.15, 0.2) is 0 Å². The van der Waals surface area contributed by atoms with Crippen LogP contribution in [-0.2, 0) is 0 Å². The fourth-order valence-electron chi connectivity index (χ4n) is 1.04. The summed E-state index contributed by atoms with van der Waals surface area (Å²) in [4.78, 5) is 0. The van der Waals surface area contributed by atoms with Gasteiger partial charge < -0.3 is 18.1 Å². The van der Waals surface area contributed by atoms with E-state index in [1.54, 1.807) is 0 Å². The molecule has 0 saturated carbocycles. The van der Waals surface area contributed by atoms with E-state index in [9.17, 15) is 0 Å². The summed E-state index contributed by atoms with van der Waals surface area (Å²) in [6.07, 6.45) is 0. The second kappa shape index (κ2) is 8.72. The Morgan fingerprint density at radius 1 is 1.23 bits per heavy atom. The summed E-state index contributed by atoms with van der Waals surface area (Å²) in [6.45, 7) is 8.74. The third kappa shape index (κ3) is 6.51. The van der Waals surface area contributed by atoms with Crippen molar-refractivity contribution in [2.24, 2.45) is 5.92 Å². The maximum Gasteiger partial charge on any atom is 2.00 e. The number of nitrogens with one attached hydrogen (secondary N) is 2. The monoisotopic (exact) mass is 346 g/mol. The number of hydrogen-bond acceptors (Lipinski definition) is 2. The van der Waals surface area contributed by atoms with Crippen LogP contribution in [0.4, 0.5) is 0 Å². The molecule has 88 valence electrons. The smallest absolute Gasteiger partial charge is 0.468 e. The molecule has 0 bridgehead atoms. The van der Waals surface area contributed by atoms with Crippen LogP contribution in [0.1, 0.15) is 27.7 Å². The summed E-state index contributed by atoms with van der Waals surface area (Å²) in [5.74, 6) is 0.560. The van der Waals surface area contributed by atoms with Crippen LogP contribution in [0.15, 0.2) is 0 Å². The van der Waals surface area contributed by atoms with Gasteiger partial charge in [0.05, 0.1) is 0 Å². The molecule has 2 N–H and O–H groups in total. The molecule has 0 aromatic heterocycles. The normalized spacial score (nSPS) is 15.2. The molecule has 0 saturated heterocycles. The summed E-state index contributed by atoms with van der Waals surface area (Å²) < 4.78 is 0. The summed E-state index contributed by atoms with van der Waals surface area (Å²) in [5, 5.41) is 6.30. The van der Waals surface area contributed by atoms with Gasteiger partial charge in [-0.2, -0.15) is 0 Å². The summed E-state index contributed by atoms with van der Waals surface area (Å²) in [7, 11) is 5.70. The van der Waals surface area contributed by atoms with Gasteiger partial charge in [0.1, 0.15) is 0 Å². The first-order chi connectivity index (χ1) is 4.95. The molecule has 2 unspecified atom stereocenters.